The minimum Gasteiger partial charge on any atom is -0.479 e. The summed E-state index contributed by atoms with van der Waals surface area (Å²) >= 11 is 0. The van der Waals surface area contributed by atoms with Gasteiger partial charge in [-0.15, -0.1) is 5.10 Å². The van der Waals surface area contributed by atoms with Crippen LogP contribution in [0.1, 0.15) is 0 Å². The molecule has 0 aliphatic carbocycles. The number of hydrogen-bond donors (Lipinski definition) is 1. The van der Waals surface area contributed by atoms with E-state index in [0.717, 1.165) is 0 Å². The molecule has 3 aromatic heterocycles. The number of imidazole rings is 1. The molecule has 196 valence electrons. The molecule has 9 nitrogen and oxygen atoms in total. The molecule has 37 heavy (non-hydrogen) atoms. The van der Waals surface area contributed by atoms with E-state index in [4.69, 9.17) is 9.47 Å². The summed E-state index contributed by atoms with van der Waals surface area (Å²) in [5.41, 5.74) is 1.38. The van der Waals surface area contributed by atoms with E-state index < -0.39 is 30.8 Å². The second-order valence-electron chi connectivity index (χ2n) is 9.16. The number of rotatable bonds is 7. The first kappa shape index (κ1) is 23.9. The minimum absolute atomic E-state index is 0.0254. The normalized spacial score (nSPS) is 20.2. The van der Waals surface area contributed by atoms with Crippen molar-refractivity contribution in [1.82, 2.24) is 29.0 Å². The lowest BCUT2D eigenvalue weighted by molar-refractivity contribution is -0.0711. The number of aromatic nitrogens is 5. The van der Waals surface area contributed by atoms with E-state index in [0.29, 0.717) is 29.9 Å². The van der Waals surface area contributed by atoms with Crippen LogP contribution in [0.25, 0.3) is 27.7 Å². The van der Waals surface area contributed by atoms with Gasteiger partial charge in [0.2, 0.25) is 11.8 Å². The summed E-state index contributed by atoms with van der Waals surface area (Å²) < 4.78 is 83.3. The number of hydrogen-bond acceptors (Lipinski definition) is 7. The zero-order valence-electron chi connectivity index (χ0n) is 19.5. The molecular weight excluding hydrogens is 501 g/mol. The standard InChI is InChI=1S/C23H22F5N7O2/c1-36-21-20-14(12-4-15(24)19-16(5-12)34(11-29-19)7-18(25)26)2-3-35(20)32-22(31-21)30-17-6-33(10-23(17,27)28)13-8-37-9-13/h2-5,11,13,17-18H,6-10H2,1H3,(H,30,32). The topological polar surface area (TPSA) is 81.7 Å². The van der Waals surface area contributed by atoms with Gasteiger partial charge >= 0.3 is 0 Å². The number of ether oxygens (including phenoxy) is 2. The summed E-state index contributed by atoms with van der Waals surface area (Å²) in [5, 5.41) is 7.06. The van der Waals surface area contributed by atoms with Gasteiger partial charge < -0.3 is 19.4 Å². The second kappa shape index (κ2) is 8.80. The van der Waals surface area contributed by atoms with Gasteiger partial charge in [0.25, 0.3) is 12.3 Å². The molecular formula is C23H22F5N7O2. The molecule has 6 rings (SSSR count). The second-order valence-corrected chi connectivity index (χ2v) is 9.16. The van der Waals surface area contributed by atoms with Gasteiger partial charge in [-0.3, -0.25) is 4.90 Å². The summed E-state index contributed by atoms with van der Waals surface area (Å²) in [6.45, 7) is -0.0510. The number of likely N-dealkylation sites (tertiary alicyclic amines) is 1. The molecule has 5 heterocycles. The van der Waals surface area contributed by atoms with Gasteiger partial charge in [-0.2, -0.15) is 4.98 Å². The Morgan fingerprint density at radius 1 is 1.27 bits per heavy atom. The molecule has 1 atom stereocenters. The maximum atomic E-state index is 14.8. The Morgan fingerprint density at radius 2 is 2.08 bits per heavy atom. The summed E-state index contributed by atoms with van der Waals surface area (Å²) in [4.78, 5) is 9.89. The van der Waals surface area contributed by atoms with E-state index in [9.17, 15) is 22.0 Å². The molecule has 1 unspecified atom stereocenters. The van der Waals surface area contributed by atoms with Crippen molar-refractivity contribution in [2.45, 2.75) is 31.0 Å². The van der Waals surface area contributed by atoms with Gasteiger partial charge in [-0.25, -0.2) is 31.5 Å². The molecule has 2 fully saturated rings. The van der Waals surface area contributed by atoms with Gasteiger partial charge in [0.15, 0.2) is 5.82 Å². The van der Waals surface area contributed by atoms with Crippen LogP contribution in [0.5, 0.6) is 5.88 Å². The highest BCUT2D eigenvalue weighted by atomic mass is 19.3. The Hall–Kier alpha value is -3.52. The van der Waals surface area contributed by atoms with Gasteiger partial charge in [-0.05, 0) is 23.8 Å². The number of halogens is 5. The van der Waals surface area contributed by atoms with Crippen LogP contribution in [0, 0.1) is 5.82 Å². The van der Waals surface area contributed by atoms with Crippen molar-refractivity contribution in [3.05, 3.63) is 36.5 Å². The van der Waals surface area contributed by atoms with E-state index in [1.54, 1.807) is 23.2 Å². The van der Waals surface area contributed by atoms with E-state index in [1.807, 2.05) is 0 Å². The van der Waals surface area contributed by atoms with Crippen molar-refractivity contribution >= 4 is 22.5 Å². The van der Waals surface area contributed by atoms with Crippen molar-refractivity contribution in [3.63, 3.8) is 0 Å². The molecule has 2 saturated heterocycles. The number of alkyl halides is 4. The number of benzene rings is 1. The van der Waals surface area contributed by atoms with Crippen LogP contribution in [-0.4, -0.2) is 86.9 Å². The molecule has 0 amide bonds. The van der Waals surface area contributed by atoms with Crippen molar-refractivity contribution in [2.24, 2.45) is 0 Å². The predicted octanol–water partition coefficient (Wildman–Crippen LogP) is 3.29. The van der Waals surface area contributed by atoms with Crippen LogP contribution in [-0.2, 0) is 11.3 Å². The van der Waals surface area contributed by atoms with E-state index in [-0.39, 0.29) is 42.0 Å². The third-order valence-electron chi connectivity index (χ3n) is 6.78. The van der Waals surface area contributed by atoms with Gasteiger partial charge in [0, 0.05) is 18.3 Å². The highest BCUT2D eigenvalue weighted by Crippen LogP contribution is 2.36. The number of methoxy groups -OCH3 is 1. The largest absolute Gasteiger partial charge is 0.479 e. The molecule has 0 bridgehead atoms. The molecule has 0 spiro atoms. The van der Waals surface area contributed by atoms with Gasteiger partial charge in [-0.1, -0.05) is 0 Å². The van der Waals surface area contributed by atoms with Crippen molar-refractivity contribution in [1.29, 1.82) is 0 Å². The quantitative estimate of drug-likeness (QED) is 0.373. The molecule has 2 aliphatic rings. The third kappa shape index (κ3) is 4.13. The van der Waals surface area contributed by atoms with Crippen LogP contribution in [0.15, 0.2) is 30.7 Å². The van der Waals surface area contributed by atoms with E-state index in [1.165, 1.54) is 28.6 Å². The number of nitrogens with zero attached hydrogens (tertiary/aromatic N) is 6. The number of anilines is 1. The SMILES string of the molecule is COc1nc(NC2CN(C3COC3)CC2(F)F)nn2ccc(-c3cc(F)c4ncn(CC(F)F)c4c3)c12. The zero-order valence-corrected chi connectivity index (χ0v) is 19.5. The molecule has 2 aliphatic heterocycles. The highest BCUT2D eigenvalue weighted by Gasteiger charge is 2.51. The number of nitrogens with one attached hydrogen (secondary N) is 1. The maximum absolute atomic E-state index is 14.8. The summed E-state index contributed by atoms with van der Waals surface area (Å²) in [5.74, 6) is -3.66. The van der Waals surface area contributed by atoms with Crippen molar-refractivity contribution < 1.29 is 31.4 Å². The fourth-order valence-electron chi connectivity index (χ4n) is 4.83. The highest BCUT2D eigenvalue weighted by molar-refractivity contribution is 5.90. The molecule has 14 heteroatoms. The molecule has 1 N–H and O–H groups in total. The zero-order chi connectivity index (χ0) is 25.9. The Morgan fingerprint density at radius 3 is 2.78 bits per heavy atom. The Labute approximate surface area is 206 Å². The van der Waals surface area contributed by atoms with Crippen molar-refractivity contribution in [2.75, 3.05) is 38.7 Å². The Balaban J connectivity index is 1.35. The van der Waals surface area contributed by atoms with Crippen LogP contribution in [0.3, 0.4) is 0 Å². The minimum atomic E-state index is -3.00. The summed E-state index contributed by atoms with van der Waals surface area (Å²) in [6, 6.07) is 3.18. The van der Waals surface area contributed by atoms with Crippen LogP contribution < -0.4 is 10.1 Å². The third-order valence-corrected chi connectivity index (χ3v) is 6.78. The van der Waals surface area contributed by atoms with Gasteiger partial charge in [0.05, 0.1) is 51.3 Å². The average Bonchev–Trinajstić information content (AvgIpc) is 3.48. The van der Waals surface area contributed by atoms with Crippen molar-refractivity contribution in [3.8, 4) is 17.0 Å². The van der Waals surface area contributed by atoms with Gasteiger partial charge in [0.1, 0.15) is 17.1 Å². The first-order valence-corrected chi connectivity index (χ1v) is 11.6. The first-order chi connectivity index (χ1) is 17.7. The smallest absolute Gasteiger partial charge is 0.281 e. The monoisotopic (exact) mass is 523 g/mol. The summed E-state index contributed by atoms with van der Waals surface area (Å²) in [7, 11) is 1.37. The predicted molar refractivity (Wildman–Crippen MR) is 123 cm³/mol. The Bertz CT molecular complexity index is 1470. The molecule has 0 saturated carbocycles. The van der Waals surface area contributed by atoms with E-state index in [2.05, 4.69) is 20.4 Å². The fourth-order valence-corrected chi connectivity index (χ4v) is 4.83. The van der Waals surface area contributed by atoms with E-state index >= 15 is 0 Å². The maximum Gasteiger partial charge on any atom is 0.281 e. The lowest BCUT2D eigenvalue weighted by Crippen LogP contribution is -2.48. The lowest BCUT2D eigenvalue weighted by Gasteiger charge is -2.34. The first-order valence-electron chi connectivity index (χ1n) is 11.6. The molecule has 4 aromatic rings. The Kier molecular flexibility index (Phi) is 5.67. The lowest BCUT2D eigenvalue weighted by atomic mass is 10.1. The molecule has 0 radical (unpaired) electrons. The average molecular weight is 523 g/mol. The van der Waals surface area contributed by atoms with Crippen LogP contribution in [0.2, 0.25) is 0 Å². The number of fused-ring (bicyclic) bond motifs is 2. The van der Waals surface area contributed by atoms with Crippen LogP contribution in [0.4, 0.5) is 27.9 Å². The van der Waals surface area contributed by atoms with Crippen LogP contribution >= 0.6 is 0 Å². The molecule has 1 aromatic carbocycles. The fraction of sp³-hybridized carbons (Fsp3) is 0.435. The summed E-state index contributed by atoms with van der Waals surface area (Å²) in [6.07, 6.45) is 0.0880.